The van der Waals surface area contributed by atoms with Crippen LogP contribution in [0.1, 0.15) is 28.2 Å². The third-order valence-corrected chi connectivity index (χ3v) is 4.72. The molecule has 1 unspecified atom stereocenters. The Morgan fingerprint density at radius 1 is 1.33 bits per heavy atom. The largest absolute Gasteiger partial charge is 0.510 e. The molecule has 106 valence electrons. The molecule has 21 heavy (non-hydrogen) atoms. The maximum Gasteiger partial charge on any atom is 0.196 e. The normalized spacial score (nSPS) is 17.5. The van der Waals surface area contributed by atoms with Gasteiger partial charge in [0.15, 0.2) is 8.46 Å². The van der Waals surface area contributed by atoms with E-state index in [1.807, 2.05) is 31.2 Å². The molecule has 0 aromatic heterocycles. The first-order valence-electron chi connectivity index (χ1n) is 6.60. The molecule has 0 bridgehead atoms. The highest BCUT2D eigenvalue weighted by Crippen LogP contribution is 2.46. The Balaban J connectivity index is 2.40. The van der Waals surface area contributed by atoms with E-state index in [0.717, 1.165) is 21.9 Å². The van der Waals surface area contributed by atoms with Crippen molar-refractivity contribution in [3.8, 4) is 0 Å². The number of aldehydes is 1. The van der Waals surface area contributed by atoms with Gasteiger partial charge < -0.3 is 15.6 Å². The molecular formula is C16H14NO3P. The second-order valence-electron chi connectivity index (χ2n) is 5.17. The summed E-state index contributed by atoms with van der Waals surface area (Å²) in [5.41, 5.74) is 9.19. The predicted octanol–water partition coefficient (Wildman–Crippen LogP) is 3.42. The first-order valence-corrected chi connectivity index (χ1v) is 7.42. The Morgan fingerprint density at radius 2 is 2.10 bits per heavy atom. The highest BCUT2D eigenvalue weighted by atomic mass is 31.1. The number of aryl methyl sites for hydroxylation is 1. The molecule has 0 radical (unpaired) electrons. The number of aliphatic hydroxyl groups is 1. The minimum absolute atomic E-state index is 0.126. The first-order chi connectivity index (χ1) is 10.1. The van der Waals surface area contributed by atoms with E-state index in [-0.39, 0.29) is 14.2 Å². The van der Waals surface area contributed by atoms with Gasteiger partial charge in [-0.15, -0.1) is 0 Å². The number of aliphatic hydroxyl groups excluding tert-OH is 1. The molecule has 1 aliphatic rings. The Bertz CT molecular complexity index is 811. The van der Waals surface area contributed by atoms with Gasteiger partial charge in [-0.05, 0) is 52.1 Å². The van der Waals surface area contributed by atoms with Gasteiger partial charge in [0.2, 0.25) is 0 Å². The topological polar surface area (TPSA) is 80.4 Å². The molecule has 1 atom stereocenters. The lowest BCUT2D eigenvalue weighted by Crippen LogP contribution is -2.02. The van der Waals surface area contributed by atoms with Gasteiger partial charge in [0.05, 0.1) is 11.2 Å². The molecule has 3 rings (SSSR count). The standard InChI is InChI=1S/C16H14NO3P/c1-8-2-3-9(6-17)11-5-12-13(4-10(8)11)16(21-20)15(19)14(12)7-18/h2-5,7,14,19H,6,17H2,1H3. The van der Waals surface area contributed by atoms with Crippen LogP contribution in [0.2, 0.25) is 0 Å². The third-order valence-electron chi connectivity index (χ3n) is 4.07. The number of rotatable bonds is 3. The Labute approximate surface area is 123 Å². The van der Waals surface area contributed by atoms with Crippen molar-refractivity contribution in [1.29, 1.82) is 0 Å². The molecule has 0 spiro atoms. The third kappa shape index (κ3) is 1.91. The second-order valence-corrected chi connectivity index (χ2v) is 5.80. The molecule has 0 aliphatic heterocycles. The number of allylic oxidation sites excluding steroid dienone is 1. The van der Waals surface area contributed by atoms with Crippen LogP contribution in [-0.4, -0.2) is 11.4 Å². The fourth-order valence-electron chi connectivity index (χ4n) is 2.92. The predicted molar refractivity (Wildman–Crippen MR) is 82.5 cm³/mol. The van der Waals surface area contributed by atoms with Gasteiger partial charge in [0, 0.05) is 6.54 Å². The average Bonchev–Trinajstić information content (AvgIpc) is 2.76. The summed E-state index contributed by atoms with van der Waals surface area (Å²) < 4.78 is 11.3. The zero-order chi connectivity index (χ0) is 15.1. The van der Waals surface area contributed by atoms with Gasteiger partial charge >= 0.3 is 0 Å². The zero-order valence-corrected chi connectivity index (χ0v) is 12.4. The van der Waals surface area contributed by atoms with Crippen LogP contribution < -0.4 is 5.73 Å². The molecular weight excluding hydrogens is 285 g/mol. The van der Waals surface area contributed by atoms with E-state index >= 15 is 0 Å². The smallest absolute Gasteiger partial charge is 0.196 e. The van der Waals surface area contributed by atoms with Gasteiger partial charge in [-0.2, -0.15) is 0 Å². The molecule has 3 N–H and O–H groups in total. The Kier molecular flexibility index (Phi) is 3.36. The van der Waals surface area contributed by atoms with E-state index in [4.69, 9.17) is 5.73 Å². The van der Waals surface area contributed by atoms with Crippen LogP contribution in [0.15, 0.2) is 30.0 Å². The number of hydrogen-bond donors (Lipinski definition) is 2. The fourth-order valence-corrected chi connectivity index (χ4v) is 3.44. The minimum atomic E-state index is -0.744. The van der Waals surface area contributed by atoms with Crippen molar-refractivity contribution in [3.63, 3.8) is 0 Å². The van der Waals surface area contributed by atoms with Crippen molar-refractivity contribution in [2.45, 2.75) is 19.4 Å². The molecule has 5 heteroatoms. The van der Waals surface area contributed by atoms with Crippen molar-refractivity contribution < 1.29 is 14.5 Å². The van der Waals surface area contributed by atoms with Gasteiger partial charge in [-0.25, -0.2) is 0 Å². The lowest BCUT2D eigenvalue weighted by molar-refractivity contribution is -0.108. The highest BCUT2D eigenvalue weighted by molar-refractivity contribution is 7.38. The number of fused-ring (bicyclic) bond motifs is 2. The van der Waals surface area contributed by atoms with Crippen molar-refractivity contribution >= 4 is 30.8 Å². The number of carbonyl (C=O) groups is 1. The van der Waals surface area contributed by atoms with Crippen molar-refractivity contribution in [3.05, 3.63) is 52.3 Å². The van der Waals surface area contributed by atoms with Gasteiger partial charge in [0.1, 0.15) is 12.0 Å². The van der Waals surface area contributed by atoms with Crippen molar-refractivity contribution in [2.24, 2.45) is 5.73 Å². The van der Waals surface area contributed by atoms with Crippen LogP contribution in [0.25, 0.3) is 16.1 Å². The van der Waals surface area contributed by atoms with Gasteiger partial charge in [-0.1, -0.05) is 12.1 Å². The van der Waals surface area contributed by atoms with E-state index in [1.165, 1.54) is 0 Å². The summed E-state index contributed by atoms with van der Waals surface area (Å²) in [4.78, 5) is 11.3. The number of carbonyl (C=O) groups excluding carboxylic acids is 1. The number of nitrogens with two attached hydrogens (primary N) is 1. The molecule has 0 fully saturated rings. The zero-order valence-electron chi connectivity index (χ0n) is 11.5. The number of benzene rings is 2. The highest BCUT2D eigenvalue weighted by Gasteiger charge is 2.32. The summed E-state index contributed by atoms with van der Waals surface area (Å²) in [6.45, 7) is 2.38. The SMILES string of the molecule is Cc1ccc(CN)c2cc3c(cc12)C(P=O)=C(O)C3C=O. The molecule has 1 aliphatic carbocycles. The lowest BCUT2D eigenvalue weighted by atomic mass is 9.93. The van der Waals surface area contributed by atoms with Gasteiger partial charge in [0.25, 0.3) is 0 Å². The van der Waals surface area contributed by atoms with E-state index < -0.39 is 5.92 Å². The summed E-state index contributed by atoms with van der Waals surface area (Å²) >= 11 is 0. The lowest BCUT2D eigenvalue weighted by Gasteiger charge is -2.12. The maximum absolute atomic E-state index is 11.3. The average molecular weight is 299 g/mol. The van der Waals surface area contributed by atoms with Crippen LogP contribution in [0, 0.1) is 6.92 Å². The quantitative estimate of drug-likeness (QED) is 0.672. The van der Waals surface area contributed by atoms with Crippen LogP contribution >= 0.6 is 8.46 Å². The summed E-state index contributed by atoms with van der Waals surface area (Å²) in [5.74, 6) is -0.870. The summed E-state index contributed by atoms with van der Waals surface area (Å²) in [5, 5.41) is 12.4. The van der Waals surface area contributed by atoms with Crippen LogP contribution in [-0.2, 0) is 15.9 Å². The summed E-state index contributed by atoms with van der Waals surface area (Å²) in [6, 6.07) is 7.72. The van der Waals surface area contributed by atoms with E-state index in [2.05, 4.69) is 0 Å². The van der Waals surface area contributed by atoms with Crippen LogP contribution in [0.5, 0.6) is 0 Å². The molecule has 0 saturated heterocycles. The van der Waals surface area contributed by atoms with Crippen molar-refractivity contribution in [1.82, 2.24) is 0 Å². The van der Waals surface area contributed by atoms with Crippen LogP contribution in [0.4, 0.5) is 0 Å². The molecule has 0 saturated carbocycles. The van der Waals surface area contributed by atoms with E-state index in [9.17, 15) is 14.5 Å². The summed E-state index contributed by atoms with van der Waals surface area (Å²) in [7, 11) is -0.284. The Morgan fingerprint density at radius 3 is 2.71 bits per heavy atom. The molecule has 4 nitrogen and oxygen atoms in total. The molecule has 0 heterocycles. The molecule has 2 aromatic rings. The maximum atomic E-state index is 11.3. The fraction of sp³-hybridized carbons (Fsp3) is 0.188. The molecule has 2 aromatic carbocycles. The van der Waals surface area contributed by atoms with Crippen molar-refractivity contribution in [2.75, 3.05) is 0 Å². The minimum Gasteiger partial charge on any atom is -0.510 e. The monoisotopic (exact) mass is 299 g/mol. The Hall–Kier alpha value is -2.03. The van der Waals surface area contributed by atoms with E-state index in [1.54, 1.807) is 0 Å². The number of hydrogen-bond acceptors (Lipinski definition) is 4. The van der Waals surface area contributed by atoms with Crippen LogP contribution in [0.3, 0.4) is 0 Å². The molecule has 0 amide bonds. The van der Waals surface area contributed by atoms with E-state index in [0.29, 0.717) is 29.3 Å². The van der Waals surface area contributed by atoms with Gasteiger partial charge in [-0.3, -0.25) is 4.57 Å². The summed E-state index contributed by atoms with van der Waals surface area (Å²) in [6.07, 6.45) is 0.677. The first kappa shape index (κ1) is 13.9. The second kappa shape index (κ2) is 5.06.